The molecule has 3 saturated heterocycles. The van der Waals surface area contributed by atoms with Gasteiger partial charge in [-0.1, -0.05) is 144 Å². The van der Waals surface area contributed by atoms with E-state index in [-0.39, 0.29) is 88.2 Å². The number of carbonyl (C=O) groups is 6. The van der Waals surface area contributed by atoms with Crippen LogP contribution in [0.2, 0.25) is 10.0 Å². The average Bonchev–Trinajstić information content (AvgIpc) is 0.814. The highest BCUT2D eigenvalue weighted by atomic mass is 35.5. The Labute approximate surface area is 716 Å². The molecule has 24 heteroatoms. The van der Waals surface area contributed by atoms with Gasteiger partial charge in [0.15, 0.2) is 0 Å². The molecule has 9 aromatic rings. The third kappa shape index (κ3) is 27.6. The lowest BCUT2D eigenvalue weighted by molar-refractivity contribution is -0.122. The molecular formula is C97H110Cl2F7N9O6. The number of likely N-dealkylation sites (tertiary alicyclic amines) is 3. The van der Waals surface area contributed by atoms with Crippen LogP contribution < -0.4 is 31.9 Å². The van der Waals surface area contributed by atoms with E-state index in [1.54, 1.807) is 74.5 Å². The highest BCUT2D eigenvalue weighted by Gasteiger charge is 2.31. The third-order valence-electron chi connectivity index (χ3n) is 22.7. The fraction of sp³-hybridized carbons (Fsp3) is 0.381. The van der Waals surface area contributed by atoms with Crippen molar-refractivity contribution in [3.8, 4) is 0 Å². The van der Waals surface area contributed by atoms with Gasteiger partial charge < -0.3 is 46.6 Å². The zero-order valence-corrected chi connectivity index (χ0v) is 71.2. The molecule has 6 N–H and O–H groups in total. The SMILES string of the molecule is CC(C)C(=O)Nc1cc(C2CCN(CCCNC(=O)C(c3ccc(F)cc3)c3ccc(F)cc3)CC2)c(F)cc1F.CC(C)C(=O)Nc1ccc(F)c(C2CCN(CCCNC(=O)C(c3ccc(F)cc3)c3ccc(F)cc3)CC2)c1.Cc1ccc(NC(=O)C(C)C)cc1C1CCN(CCCNC(=O)C(c2ccc(Cl)cc2)c2ccc(Cl)cc2)CC1. The number of anilines is 3. The number of carbonyl (C=O) groups excluding carboxylic acids is 6. The fourth-order valence-electron chi connectivity index (χ4n) is 15.6. The van der Waals surface area contributed by atoms with E-state index in [4.69, 9.17) is 23.2 Å². The van der Waals surface area contributed by atoms with E-state index in [1.807, 2.05) is 82.3 Å². The van der Waals surface area contributed by atoms with Crippen molar-refractivity contribution in [2.45, 2.75) is 142 Å². The molecule has 3 fully saturated rings. The van der Waals surface area contributed by atoms with Crippen LogP contribution in [0.1, 0.15) is 190 Å². The molecule has 3 heterocycles. The molecule has 0 atom stereocenters. The van der Waals surface area contributed by atoms with Crippen molar-refractivity contribution < 1.29 is 59.5 Å². The predicted octanol–water partition coefficient (Wildman–Crippen LogP) is 20.0. The maximum absolute atomic E-state index is 14.6. The summed E-state index contributed by atoms with van der Waals surface area (Å²) in [5.74, 6) is -5.96. The summed E-state index contributed by atoms with van der Waals surface area (Å²) in [7, 11) is 0. The van der Waals surface area contributed by atoms with E-state index in [0.717, 1.165) is 120 Å². The van der Waals surface area contributed by atoms with E-state index < -0.39 is 41.0 Å². The van der Waals surface area contributed by atoms with Crippen molar-refractivity contribution in [3.63, 3.8) is 0 Å². The highest BCUT2D eigenvalue weighted by molar-refractivity contribution is 6.31. The van der Waals surface area contributed by atoms with Crippen molar-refractivity contribution in [3.05, 3.63) is 301 Å². The number of hydrogen-bond donors (Lipinski definition) is 6. The topological polar surface area (TPSA) is 184 Å². The van der Waals surface area contributed by atoms with E-state index in [9.17, 15) is 59.5 Å². The molecule has 0 spiro atoms. The Kier molecular flexibility index (Phi) is 35.1. The summed E-state index contributed by atoms with van der Waals surface area (Å²) < 4.78 is 97.4. The Morgan fingerprint density at radius 1 is 0.331 bits per heavy atom. The maximum Gasteiger partial charge on any atom is 0.232 e. The van der Waals surface area contributed by atoms with E-state index >= 15 is 0 Å². The average molecular weight is 1700 g/mol. The second-order valence-corrected chi connectivity index (χ2v) is 33.4. The van der Waals surface area contributed by atoms with Crippen molar-refractivity contribution >= 4 is 75.7 Å². The second kappa shape index (κ2) is 45.6. The third-order valence-corrected chi connectivity index (χ3v) is 23.2. The standard InChI is InChI=1S/C33H39Cl2N3O2.C32H35F4N3O2.C32H36F3N3O2/c1-22(2)32(39)37-29-14-5-23(3)30(21-29)24-15-19-38(20-16-24)18-4-17-36-33(40)31(25-6-10-27(34)11-7-25)26-8-12-28(35)13-9-26;1-20(2)31(40)38-29-18-26(27(35)19-28(29)36)21-12-16-39(17-13-21)15-3-14-37-32(41)30(22-4-8-24(33)9-5-22)23-6-10-25(34)11-7-23;1-21(2)31(39)37-27-12-13-29(35)28(20-27)22-14-18-38(19-15-22)17-3-16-36-32(40)30(23-4-8-25(33)9-5-23)24-6-10-26(34)11-7-24/h5-14,21-22,24,31H,4,15-20H2,1-3H3,(H,36,40)(H,37,39);4-11,18-21,30H,3,12-17H2,1-2H3,(H,37,41)(H,38,40);4-13,20-22,30H,3,14-19H2,1-2H3,(H,36,40)(H,37,39). The number of aryl methyl sites for hydroxylation is 1. The summed E-state index contributed by atoms with van der Waals surface area (Å²) in [5.41, 5.74) is 9.44. The van der Waals surface area contributed by atoms with Crippen LogP contribution in [0.25, 0.3) is 0 Å². The van der Waals surface area contributed by atoms with Crippen LogP contribution >= 0.6 is 23.2 Å². The highest BCUT2D eigenvalue weighted by Crippen LogP contribution is 2.38. The minimum Gasteiger partial charge on any atom is -0.355 e. The molecule has 0 radical (unpaired) electrons. The van der Waals surface area contributed by atoms with Crippen LogP contribution in [0.4, 0.5) is 47.8 Å². The molecule has 6 amide bonds. The first-order chi connectivity index (χ1) is 58.0. The number of rotatable bonds is 30. The van der Waals surface area contributed by atoms with Gasteiger partial charge >= 0.3 is 0 Å². The van der Waals surface area contributed by atoms with Crippen LogP contribution in [-0.4, -0.2) is 129 Å². The Morgan fingerprint density at radius 3 is 0.934 bits per heavy atom. The van der Waals surface area contributed by atoms with Crippen LogP contribution in [0, 0.1) is 65.4 Å². The van der Waals surface area contributed by atoms with Crippen molar-refractivity contribution in [2.75, 3.05) is 94.5 Å². The number of piperidine rings is 3. The Hall–Kier alpha value is -10.2. The molecule has 0 aliphatic carbocycles. The molecule has 12 rings (SSSR count). The Bertz CT molecular complexity index is 4550. The van der Waals surface area contributed by atoms with E-state index in [0.29, 0.717) is 93.9 Å². The minimum atomic E-state index is -0.791. The molecule has 3 aliphatic rings. The van der Waals surface area contributed by atoms with Gasteiger partial charge in [-0.3, -0.25) is 28.8 Å². The van der Waals surface area contributed by atoms with Crippen molar-refractivity contribution in [2.24, 2.45) is 17.8 Å². The van der Waals surface area contributed by atoms with Gasteiger partial charge in [-0.2, -0.15) is 0 Å². The smallest absolute Gasteiger partial charge is 0.232 e. The molecule has 9 aromatic carbocycles. The number of benzene rings is 9. The van der Waals surface area contributed by atoms with Crippen LogP contribution in [0.3, 0.4) is 0 Å². The zero-order chi connectivity index (χ0) is 86.8. The summed E-state index contributed by atoms with van der Waals surface area (Å²) in [6.45, 7) is 22.1. The molecule has 0 aromatic heterocycles. The van der Waals surface area contributed by atoms with Crippen LogP contribution in [0.15, 0.2) is 194 Å². The lowest BCUT2D eigenvalue weighted by Gasteiger charge is -2.33. The summed E-state index contributed by atoms with van der Waals surface area (Å²) in [4.78, 5) is 82.9. The van der Waals surface area contributed by atoms with E-state index in [1.165, 1.54) is 71.8 Å². The number of hydrogen-bond acceptors (Lipinski definition) is 9. The van der Waals surface area contributed by atoms with Gasteiger partial charge in [-0.15, -0.1) is 0 Å². The molecule has 0 bridgehead atoms. The van der Waals surface area contributed by atoms with Crippen LogP contribution in [0.5, 0.6) is 0 Å². The first-order valence-electron chi connectivity index (χ1n) is 41.9. The summed E-state index contributed by atoms with van der Waals surface area (Å²) in [6, 6.07) is 51.1. The van der Waals surface area contributed by atoms with Crippen LogP contribution in [-0.2, 0) is 28.8 Å². The molecular weight excluding hydrogens is 1590 g/mol. The van der Waals surface area contributed by atoms with Gasteiger partial charge in [0, 0.05) is 64.9 Å². The quantitative estimate of drug-likeness (QED) is 0.0188. The van der Waals surface area contributed by atoms with Gasteiger partial charge in [0.1, 0.15) is 40.7 Å². The molecule has 642 valence electrons. The van der Waals surface area contributed by atoms with Crippen molar-refractivity contribution in [1.29, 1.82) is 0 Å². The lowest BCUT2D eigenvalue weighted by atomic mass is 9.86. The normalized spacial score (nSPS) is 14.5. The van der Waals surface area contributed by atoms with E-state index in [2.05, 4.69) is 65.7 Å². The fourth-order valence-corrected chi connectivity index (χ4v) is 15.8. The molecule has 121 heavy (non-hydrogen) atoms. The number of amides is 6. The van der Waals surface area contributed by atoms with Gasteiger partial charge in [0.25, 0.3) is 0 Å². The Morgan fingerprint density at radius 2 is 0.612 bits per heavy atom. The second-order valence-electron chi connectivity index (χ2n) is 32.5. The number of nitrogens with one attached hydrogen (secondary N) is 6. The summed E-state index contributed by atoms with van der Waals surface area (Å²) in [6.07, 6.45) is 7.47. The largest absolute Gasteiger partial charge is 0.355 e. The molecule has 0 unspecified atom stereocenters. The maximum atomic E-state index is 14.6. The molecule has 15 nitrogen and oxygen atoms in total. The first kappa shape index (κ1) is 93.0. The zero-order valence-electron chi connectivity index (χ0n) is 69.7. The van der Waals surface area contributed by atoms with Gasteiger partial charge in [0.2, 0.25) is 35.4 Å². The van der Waals surface area contributed by atoms with Crippen molar-refractivity contribution in [1.82, 2.24) is 30.7 Å². The predicted molar refractivity (Wildman–Crippen MR) is 466 cm³/mol. The Balaban J connectivity index is 0.000000190. The molecule has 3 aliphatic heterocycles. The van der Waals surface area contributed by atoms with Gasteiger partial charge in [-0.25, -0.2) is 30.7 Å². The monoisotopic (exact) mass is 1700 g/mol. The summed E-state index contributed by atoms with van der Waals surface area (Å²) in [5, 5.41) is 18.8. The summed E-state index contributed by atoms with van der Waals surface area (Å²) >= 11 is 12.2. The van der Waals surface area contributed by atoms with Gasteiger partial charge in [-0.05, 0) is 306 Å². The minimum absolute atomic E-state index is 0.00199. The number of halogens is 9. The number of nitrogens with zero attached hydrogens (tertiary/aromatic N) is 3. The lowest BCUT2D eigenvalue weighted by Crippen LogP contribution is -2.36. The molecule has 0 saturated carbocycles. The van der Waals surface area contributed by atoms with Gasteiger partial charge in [0.05, 0.1) is 23.4 Å². The first-order valence-corrected chi connectivity index (χ1v) is 42.6.